The van der Waals surface area contributed by atoms with Crippen molar-refractivity contribution in [3.63, 3.8) is 0 Å². The van der Waals surface area contributed by atoms with Gasteiger partial charge < -0.3 is 15.5 Å². The molecule has 0 aliphatic carbocycles. The van der Waals surface area contributed by atoms with E-state index < -0.39 is 0 Å². The predicted molar refractivity (Wildman–Crippen MR) is 67.0 cm³/mol. The number of imidazole rings is 1. The van der Waals surface area contributed by atoms with Gasteiger partial charge in [-0.25, -0.2) is 4.98 Å². The van der Waals surface area contributed by atoms with Gasteiger partial charge in [-0.15, -0.1) is 0 Å². The molecule has 5 heteroatoms. The van der Waals surface area contributed by atoms with Crippen molar-refractivity contribution in [2.75, 3.05) is 13.7 Å². The molecule has 86 valence electrons. The van der Waals surface area contributed by atoms with Crippen molar-refractivity contribution in [2.24, 2.45) is 5.73 Å². The van der Waals surface area contributed by atoms with Crippen molar-refractivity contribution in [1.82, 2.24) is 9.97 Å². The number of nitrogens with one attached hydrogen (secondary N) is 1. The lowest BCUT2D eigenvalue weighted by molar-refractivity contribution is 0.415. The van der Waals surface area contributed by atoms with Crippen molar-refractivity contribution in [3.8, 4) is 5.75 Å². The summed E-state index contributed by atoms with van der Waals surface area (Å²) < 4.78 is 5.16. The van der Waals surface area contributed by atoms with Crippen molar-refractivity contribution in [1.29, 1.82) is 0 Å². The third-order valence-electron chi connectivity index (χ3n) is 2.31. The summed E-state index contributed by atoms with van der Waals surface area (Å²) in [6, 6.07) is 5.80. The van der Waals surface area contributed by atoms with Crippen LogP contribution in [0.4, 0.5) is 0 Å². The van der Waals surface area contributed by atoms with Crippen LogP contribution in [0.5, 0.6) is 5.75 Å². The van der Waals surface area contributed by atoms with Crippen LogP contribution in [-0.2, 0) is 0 Å². The summed E-state index contributed by atoms with van der Waals surface area (Å²) in [6.45, 7) is 2.73. The predicted octanol–water partition coefficient (Wildman–Crippen LogP) is 2.01. The van der Waals surface area contributed by atoms with E-state index in [-0.39, 0.29) is 0 Å². The number of nitrogens with zero attached hydrogens (tertiary/aromatic N) is 1. The van der Waals surface area contributed by atoms with Crippen LogP contribution in [0.25, 0.3) is 11.0 Å². The average Bonchev–Trinajstić information content (AvgIpc) is 2.69. The van der Waals surface area contributed by atoms with Gasteiger partial charge in [-0.05, 0) is 12.1 Å². The fourth-order valence-corrected chi connectivity index (χ4v) is 2.18. The number of hydrogen-bond acceptors (Lipinski definition) is 4. The Hall–Kier alpha value is -1.20. The molecule has 0 aliphatic rings. The quantitative estimate of drug-likeness (QED) is 0.798. The zero-order chi connectivity index (χ0) is 11.5. The zero-order valence-electron chi connectivity index (χ0n) is 9.36. The molecule has 0 spiro atoms. The highest BCUT2D eigenvalue weighted by Gasteiger charge is 2.07. The smallest absolute Gasteiger partial charge is 0.166 e. The first-order chi connectivity index (χ1) is 7.72. The van der Waals surface area contributed by atoms with Gasteiger partial charge in [0.15, 0.2) is 5.16 Å². The summed E-state index contributed by atoms with van der Waals surface area (Å²) >= 11 is 1.65. The second kappa shape index (κ2) is 4.76. The lowest BCUT2D eigenvalue weighted by Crippen LogP contribution is -2.12. The fraction of sp³-hybridized carbons (Fsp3) is 0.364. The van der Waals surface area contributed by atoms with Crippen molar-refractivity contribution in [3.05, 3.63) is 18.2 Å². The Morgan fingerprint density at radius 3 is 3.06 bits per heavy atom. The average molecular weight is 237 g/mol. The normalized spacial score (nSPS) is 12.9. The molecule has 2 rings (SSSR count). The molecule has 1 aromatic heterocycles. The van der Waals surface area contributed by atoms with E-state index in [1.165, 1.54) is 0 Å². The number of benzene rings is 1. The third kappa shape index (κ3) is 2.31. The van der Waals surface area contributed by atoms with Gasteiger partial charge in [-0.1, -0.05) is 18.7 Å². The van der Waals surface area contributed by atoms with Gasteiger partial charge in [0, 0.05) is 17.9 Å². The molecule has 0 radical (unpaired) electrons. The van der Waals surface area contributed by atoms with Crippen LogP contribution in [0.2, 0.25) is 0 Å². The summed E-state index contributed by atoms with van der Waals surface area (Å²) in [4.78, 5) is 7.72. The largest absolute Gasteiger partial charge is 0.497 e. The Bertz CT molecular complexity index is 483. The highest BCUT2D eigenvalue weighted by molar-refractivity contribution is 7.99. The molecule has 16 heavy (non-hydrogen) atoms. The first-order valence-corrected chi connectivity index (χ1v) is 6.01. The zero-order valence-corrected chi connectivity index (χ0v) is 10.2. The summed E-state index contributed by atoms with van der Waals surface area (Å²) in [5.41, 5.74) is 7.52. The number of aromatic nitrogens is 2. The van der Waals surface area contributed by atoms with Gasteiger partial charge in [0.05, 0.1) is 18.1 Å². The number of nitrogens with two attached hydrogens (primary N) is 1. The summed E-state index contributed by atoms with van der Waals surface area (Å²) in [6.07, 6.45) is 0. The second-order valence-corrected chi connectivity index (χ2v) is 5.02. The molecule has 3 N–H and O–H groups in total. The number of hydrogen-bond donors (Lipinski definition) is 2. The first-order valence-electron chi connectivity index (χ1n) is 5.13. The van der Waals surface area contributed by atoms with Crippen LogP contribution in [-0.4, -0.2) is 28.9 Å². The Kier molecular flexibility index (Phi) is 3.36. The van der Waals surface area contributed by atoms with E-state index in [9.17, 15) is 0 Å². The fourth-order valence-electron chi connectivity index (χ4n) is 1.39. The molecule has 0 saturated heterocycles. The van der Waals surface area contributed by atoms with Crippen molar-refractivity contribution >= 4 is 22.8 Å². The Morgan fingerprint density at radius 2 is 2.38 bits per heavy atom. The molecule has 0 bridgehead atoms. The van der Waals surface area contributed by atoms with Crippen LogP contribution in [0.3, 0.4) is 0 Å². The van der Waals surface area contributed by atoms with Gasteiger partial charge in [-0.3, -0.25) is 0 Å². The van der Waals surface area contributed by atoms with Crippen molar-refractivity contribution in [2.45, 2.75) is 17.3 Å². The number of ether oxygens (including phenoxy) is 1. The Morgan fingerprint density at radius 1 is 1.56 bits per heavy atom. The van der Waals surface area contributed by atoms with Gasteiger partial charge in [0.2, 0.25) is 0 Å². The van der Waals surface area contributed by atoms with E-state index in [1.54, 1.807) is 18.9 Å². The maximum atomic E-state index is 5.58. The standard InChI is InChI=1S/C11H15N3OS/c1-7(6-12)16-11-13-9-4-3-8(15-2)5-10(9)14-11/h3-5,7H,6,12H2,1-2H3,(H,13,14). The van der Waals surface area contributed by atoms with Crippen molar-refractivity contribution < 1.29 is 4.74 Å². The number of rotatable bonds is 4. The van der Waals surface area contributed by atoms with Crippen LogP contribution >= 0.6 is 11.8 Å². The topological polar surface area (TPSA) is 63.9 Å². The van der Waals surface area contributed by atoms with Gasteiger partial charge in [0.25, 0.3) is 0 Å². The van der Waals surface area contributed by atoms with Gasteiger partial charge in [0.1, 0.15) is 5.75 Å². The first kappa shape index (κ1) is 11.3. The maximum Gasteiger partial charge on any atom is 0.166 e. The van der Waals surface area contributed by atoms with Crippen LogP contribution in [0.15, 0.2) is 23.4 Å². The number of H-pyrrole nitrogens is 1. The molecule has 0 fully saturated rings. The molecule has 1 atom stereocenters. The van der Waals surface area contributed by atoms with Crippen LogP contribution in [0, 0.1) is 0 Å². The van der Waals surface area contributed by atoms with E-state index in [4.69, 9.17) is 10.5 Å². The molecule has 4 nitrogen and oxygen atoms in total. The lowest BCUT2D eigenvalue weighted by Gasteiger charge is -2.03. The van der Waals surface area contributed by atoms with E-state index in [0.717, 1.165) is 21.9 Å². The SMILES string of the molecule is COc1ccc2nc(SC(C)CN)[nH]c2c1. The lowest BCUT2D eigenvalue weighted by atomic mass is 10.3. The molecule has 1 aromatic carbocycles. The monoisotopic (exact) mass is 237 g/mol. The van der Waals surface area contributed by atoms with Gasteiger partial charge >= 0.3 is 0 Å². The highest BCUT2D eigenvalue weighted by Crippen LogP contribution is 2.25. The minimum absolute atomic E-state index is 0.363. The summed E-state index contributed by atoms with van der Waals surface area (Å²) in [5, 5.41) is 1.27. The van der Waals surface area contributed by atoms with E-state index in [1.807, 2.05) is 18.2 Å². The Labute approximate surface area is 98.6 Å². The molecule has 0 saturated carbocycles. The number of fused-ring (bicyclic) bond motifs is 1. The summed E-state index contributed by atoms with van der Waals surface area (Å²) in [5.74, 6) is 0.833. The molecule has 0 aliphatic heterocycles. The Balaban J connectivity index is 2.29. The maximum absolute atomic E-state index is 5.58. The number of aromatic amines is 1. The molecule has 0 amide bonds. The van der Waals surface area contributed by atoms with Crippen LogP contribution in [0.1, 0.15) is 6.92 Å². The minimum Gasteiger partial charge on any atom is -0.497 e. The number of thioether (sulfide) groups is 1. The highest BCUT2D eigenvalue weighted by atomic mass is 32.2. The number of methoxy groups -OCH3 is 1. The molecule has 1 unspecified atom stereocenters. The van der Waals surface area contributed by atoms with Gasteiger partial charge in [-0.2, -0.15) is 0 Å². The summed E-state index contributed by atoms with van der Waals surface area (Å²) in [7, 11) is 1.66. The van der Waals surface area contributed by atoms with Crippen LogP contribution < -0.4 is 10.5 Å². The minimum atomic E-state index is 0.363. The van der Waals surface area contributed by atoms with E-state index in [2.05, 4.69) is 16.9 Å². The van der Waals surface area contributed by atoms with E-state index >= 15 is 0 Å². The molecular weight excluding hydrogens is 222 g/mol. The van der Waals surface area contributed by atoms with E-state index in [0.29, 0.717) is 11.8 Å². The third-order valence-corrected chi connectivity index (χ3v) is 3.32. The second-order valence-electron chi connectivity index (χ2n) is 3.59. The molecule has 2 aromatic rings. The molecular formula is C11H15N3OS. The molecule has 1 heterocycles.